The van der Waals surface area contributed by atoms with Crippen molar-refractivity contribution in [3.63, 3.8) is 0 Å². The summed E-state index contributed by atoms with van der Waals surface area (Å²) in [5.41, 5.74) is 2.18. The second-order valence-electron chi connectivity index (χ2n) is 7.68. The van der Waals surface area contributed by atoms with Crippen molar-refractivity contribution in [3.05, 3.63) is 66.1 Å². The predicted octanol–water partition coefficient (Wildman–Crippen LogP) is 4.51. The molecule has 32 heavy (non-hydrogen) atoms. The van der Waals surface area contributed by atoms with E-state index in [1.807, 2.05) is 31.2 Å². The Bertz CT molecular complexity index is 1010. The Hall–Kier alpha value is -3.23. The fourth-order valence-electron chi connectivity index (χ4n) is 3.43. The number of aryl methyl sites for hydroxylation is 1. The number of hydrogen-bond acceptors (Lipinski definition) is 7. The van der Waals surface area contributed by atoms with Crippen molar-refractivity contribution >= 4 is 23.1 Å². The molecule has 0 saturated carbocycles. The van der Waals surface area contributed by atoms with Gasteiger partial charge in [0.15, 0.2) is 0 Å². The molecular weight excluding hydrogens is 409 g/mol. The minimum Gasteiger partial charge on any atom is -0.494 e. The lowest BCUT2D eigenvalue weighted by atomic mass is 10.2. The first-order valence-corrected chi connectivity index (χ1v) is 10.8. The standard InChI is InChI=1S/C24H28FN5O2/c1-18-3-8-21(25)22(17-18)28-23-9-10-26-24(29-23)27-19-4-6-20(7-5-19)32-14-2-11-30-12-15-31-16-13-30/h3-10,17H,2,11-16H2,1H3,(H2,26,27,28,29). The number of ether oxygens (including phenoxy) is 2. The van der Waals surface area contributed by atoms with Gasteiger partial charge in [-0.25, -0.2) is 9.37 Å². The zero-order valence-electron chi connectivity index (χ0n) is 18.2. The van der Waals surface area contributed by atoms with E-state index < -0.39 is 0 Å². The number of nitrogens with zero attached hydrogens (tertiary/aromatic N) is 3. The molecule has 0 radical (unpaired) electrons. The van der Waals surface area contributed by atoms with Crippen LogP contribution in [0.1, 0.15) is 12.0 Å². The molecule has 7 nitrogen and oxygen atoms in total. The molecule has 1 fully saturated rings. The van der Waals surface area contributed by atoms with E-state index in [-0.39, 0.29) is 5.82 Å². The van der Waals surface area contributed by atoms with Gasteiger partial charge in [-0.1, -0.05) is 6.07 Å². The van der Waals surface area contributed by atoms with Crippen LogP contribution in [-0.2, 0) is 4.74 Å². The highest BCUT2D eigenvalue weighted by molar-refractivity contribution is 5.60. The molecular formula is C24H28FN5O2. The van der Waals surface area contributed by atoms with Gasteiger partial charge in [-0.2, -0.15) is 4.98 Å². The van der Waals surface area contributed by atoms with Gasteiger partial charge in [-0.05, 0) is 61.4 Å². The Morgan fingerprint density at radius 1 is 1.06 bits per heavy atom. The fraction of sp³-hybridized carbons (Fsp3) is 0.333. The van der Waals surface area contributed by atoms with Crippen molar-refractivity contribution in [3.8, 4) is 5.75 Å². The Balaban J connectivity index is 1.27. The summed E-state index contributed by atoms with van der Waals surface area (Å²) in [5, 5.41) is 6.17. The molecule has 1 aromatic heterocycles. The van der Waals surface area contributed by atoms with Gasteiger partial charge in [0.1, 0.15) is 17.4 Å². The molecule has 2 aromatic carbocycles. The Labute approximate surface area is 187 Å². The summed E-state index contributed by atoms with van der Waals surface area (Å²) in [6.07, 6.45) is 2.60. The lowest BCUT2D eigenvalue weighted by molar-refractivity contribution is 0.0358. The van der Waals surface area contributed by atoms with Crippen LogP contribution < -0.4 is 15.4 Å². The van der Waals surface area contributed by atoms with Crippen LogP contribution in [0, 0.1) is 12.7 Å². The van der Waals surface area contributed by atoms with Crippen LogP contribution in [0.2, 0.25) is 0 Å². The zero-order chi connectivity index (χ0) is 22.2. The summed E-state index contributed by atoms with van der Waals surface area (Å²) >= 11 is 0. The molecule has 3 aromatic rings. The molecule has 0 bridgehead atoms. The second-order valence-corrected chi connectivity index (χ2v) is 7.68. The van der Waals surface area contributed by atoms with E-state index in [9.17, 15) is 4.39 Å². The molecule has 2 N–H and O–H groups in total. The second kappa shape index (κ2) is 10.9. The van der Waals surface area contributed by atoms with E-state index in [1.165, 1.54) is 6.07 Å². The van der Waals surface area contributed by atoms with Crippen LogP contribution in [0.4, 0.5) is 27.5 Å². The van der Waals surface area contributed by atoms with E-state index in [4.69, 9.17) is 9.47 Å². The van der Waals surface area contributed by atoms with Gasteiger partial charge in [0.05, 0.1) is 25.5 Å². The first-order valence-electron chi connectivity index (χ1n) is 10.8. The quantitative estimate of drug-likeness (QED) is 0.477. The Kier molecular flexibility index (Phi) is 7.47. The smallest absolute Gasteiger partial charge is 0.229 e. The number of nitrogens with one attached hydrogen (secondary N) is 2. The lowest BCUT2D eigenvalue weighted by Gasteiger charge is -2.26. The highest BCUT2D eigenvalue weighted by Gasteiger charge is 2.09. The van der Waals surface area contributed by atoms with Gasteiger partial charge in [0, 0.05) is 31.5 Å². The number of aromatic nitrogens is 2. The predicted molar refractivity (Wildman–Crippen MR) is 124 cm³/mol. The van der Waals surface area contributed by atoms with Crippen LogP contribution in [0.15, 0.2) is 54.7 Å². The molecule has 1 aliphatic heterocycles. The first kappa shape index (κ1) is 22.0. The zero-order valence-corrected chi connectivity index (χ0v) is 18.2. The number of morpholine rings is 1. The summed E-state index contributed by atoms with van der Waals surface area (Å²) in [4.78, 5) is 11.1. The SMILES string of the molecule is Cc1ccc(F)c(Nc2ccnc(Nc3ccc(OCCCN4CCOCC4)cc3)n2)c1. The van der Waals surface area contributed by atoms with Gasteiger partial charge in [0.2, 0.25) is 5.95 Å². The Morgan fingerprint density at radius 2 is 1.88 bits per heavy atom. The van der Waals surface area contributed by atoms with Crippen LogP contribution in [0.25, 0.3) is 0 Å². The normalized spacial score (nSPS) is 14.2. The number of halogens is 1. The number of hydrogen-bond donors (Lipinski definition) is 2. The lowest BCUT2D eigenvalue weighted by Crippen LogP contribution is -2.37. The van der Waals surface area contributed by atoms with Crippen molar-refractivity contribution < 1.29 is 13.9 Å². The summed E-state index contributed by atoms with van der Waals surface area (Å²) in [6.45, 7) is 7.25. The van der Waals surface area contributed by atoms with Gasteiger partial charge < -0.3 is 20.1 Å². The van der Waals surface area contributed by atoms with Gasteiger partial charge >= 0.3 is 0 Å². The van der Waals surface area contributed by atoms with Gasteiger partial charge in [0.25, 0.3) is 0 Å². The van der Waals surface area contributed by atoms with Gasteiger partial charge in [-0.3, -0.25) is 4.90 Å². The maximum absolute atomic E-state index is 14.0. The molecule has 1 aliphatic rings. The summed E-state index contributed by atoms with van der Waals surface area (Å²) in [7, 11) is 0. The van der Waals surface area contributed by atoms with E-state index in [0.29, 0.717) is 24.1 Å². The van der Waals surface area contributed by atoms with Crippen LogP contribution >= 0.6 is 0 Å². The van der Waals surface area contributed by atoms with Crippen LogP contribution in [-0.4, -0.2) is 54.3 Å². The number of anilines is 4. The topological polar surface area (TPSA) is 71.5 Å². The average Bonchev–Trinajstić information content (AvgIpc) is 2.81. The van der Waals surface area contributed by atoms with Crippen molar-refractivity contribution in [1.82, 2.24) is 14.9 Å². The van der Waals surface area contributed by atoms with Crippen molar-refractivity contribution in [1.29, 1.82) is 0 Å². The third kappa shape index (κ3) is 6.38. The molecule has 0 spiro atoms. The molecule has 4 rings (SSSR count). The van der Waals surface area contributed by atoms with Crippen LogP contribution in [0.5, 0.6) is 5.75 Å². The molecule has 8 heteroatoms. The Morgan fingerprint density at radius 3 is 2.69 bits per heavy atom. The average molecular weight is 438 g/mol. The maximum Gasteiger partial charge on any atom is 0.229 e. The minimum atomic E-state index is -0.329. The van der Waals surface area contributed by atoms with E-state index in [2.05, 4.69) is 25.5 Å². The molecule has 0 aliphatic carbocycles. The van der Waals surface area contributed by atoms with Crippen molar-refractivity contribution in [2.75, 3.05) is 50.1 Å². The largest absolute Gasteiger partial charge is 0.494 e. The van der Waals surface area contributed by atoms with E-state index in [0.717, 1.165) is 56.3 Å². The molecule has 1 saturated heterocycles. The third-order valence-corrected chi connectivity index (χ3v) is 5.14. The highest BCUT2D eigenvalue weighted by Crippen LogP contribution is 2.22. The molecule has 0 amide bonds. The molecule has 0 atom stereocenters. The fourth-order valence-corrected chi connectivity index (χ4v) is 3.43. The number of benzene rings is 2. The van der Waals surface area contributed by atoms with Crippen molar-refractivity contribution in [2.24, 2.45) is 0 Å². The first-order chi connectivity index (χ1) is 15.7. The van der Waals surface area contributed by atoms with Crippen LogP contribution in [0.3, 0.4) is 0 Å². The van der Waals surface area contributed by atoms with E-state index in [1.54, 1.807) is 24.4 Å². The van der Waals surface area contributed by atoms with E-state index >= 15 is 0 Å². The highest BCUT2D eigenvalue weighted by atomic mass is 19.1. The summed E-state index contributed by atoms with van der Waals surface area (Å²) in [6, 6.07) is 14.3. The molecule has 0 unspecified atom stereocenters. The number of rotatable bonds is 9. The maximum atomic E-state index is 14.0. The monoisotopic (exact) mass is 437 g/mol. The third-order valence-electron chi connectivity index (χ3n) is 5.14. The molecule has 2 heterocycles. The summed E-state index contributed by atoms with van der Waals surface area (Å²) < 4.78 is 25.2. The summed E-state index contributed by atoms with van der Waals surface area (Å²) in [5.74, 6) is 1.42. The van der Waals surface area contributed by atoms with Crippen molar-refractivity contribution in [2.45, 2.75) is 13.3 Å². The molecule has 168 valence electrons. The minimum absolute atomic E-state index is 0.329. The van der Waals surface area contributed by atoms with Gasteiger partial charge in [-0.15, -0.1) is 0 Å².